The average Bonchev–Trinajstić information content (AvgIpc) is 2.99. The van der Waals surface area contributed by atoms with Gasteiger partial charge in [-0.1, -0.05) is 0 Å². The first-order chi connectivity index (χ1) is 9.11. The Bertz CT molecular complexity index is 606. The number of hydrogen-bond acceptors (Lipinski definition) is 7. The molecule has 0 bridgehead atoms. The summed E-state index contributed by atoms with van der Waals surface area (Å²) in [4.78, 5) is 23.6. The van der Waals surface area contributed by atoms with Gasteiger partial charge in [-0.25, -0.2) is 9.48 Å². The van der Waals surface area contributed by atoms with Crippen molar-refractivity contribution in [3.63, 3.8) is 0 Å². The fourth-order valence-corrected chi connectivity index (χ4v) is 2.16. The normalized spacial score (nSPS) is 10.2. The van der Waals surface area contributed by atoms with E-state index in [1.807, 2.05) is 0 Å². The number of nitrogens with zero attached hydrogens (tertiary/aromatic N) is 4. The van der Waals surface area contributed by atoms with Crippen molar-refractivity contribution in [2.75, 3.05) is 12.4 Å². The highest BCUT2D eigenvalue weighted by molar-refractivity contribution is 7.12. The molecule has 2 aromatic rings. The Morgan fingerprint density at radius 3 is 2.95 bits per heavy atom. The number of amides is 1. The summed E-state index contributed by atoms with van der Waals surface area (Å²) >= 11 is 1.20. The molecule has 8 nitrogen and oxygen atoms in total. The van der Waals surface area contributed by atoms with E-state index in [4.69, 9.17) is 0 Å². The van der Waals surface area contributed by atoms with Crippen LogP contribution in [0, 0.1) is 0 Å². The fraction of sp³-hybridized carbons (Fsp3) is 0.300. The van der Waals surface area contributed by atoms with E-state index >= 15 is 0 Å². The first-order valence-corrected chi connectivity index (χ1v) is 6.16. The standard InChI is InChI=1S/C10H11N5O3S/c1-15-7(12-13-14-15)5-8(16)11-6-3-4-19-9(6)10(17)18-2/h3-4H,5H2,1-2H3,(H,11,16). The molecule has 9 heteroatoms. The van der Waals surface area contributed by atoms with Crippen LogP contribution in [-0.2, 0) is 23.0 Å². The van der Waals surface area contributed by atoms with Gasteiger partial charge in [0.25, 0.3) is 0 Å². The summed E-state index contributed by atoms with van der Waals surface area (Å²) in [5.74, 6) is -0.348. The number of aromatic nitrogens is 4. The number of thiophene rings is 1. The van der Waals surface area contributed by atoms with Gasteiger partial charge in [0.1, 0.15) is 4.88 Å². The molecule has 0 unspecified atom stereocenters. The second kappa shape index (κ2) is 5.57. The van der Waals surface area contributed by atoms with Gasteiger partial charge in [-0.2, -0.15) is 0 Å². The van der Waals surface area contributed by atoms with Crippen LogP contribution >= 0.6 is 11.3 Å². The van der Waals surface area contributed by atoms with Crippen molar-refractivity contribution < 1.29 is 14.3 Å². The number of carbonyl (C=O) groups is 2. The lowest BCUT2D eigenvalue weighted by atomic mass is 10.3. The van der Waals surface area contributed by atoms with E-state index in [2.05, 4.69) is 25.6 Å². The highest BCUT2D eigenvalue weighted by atomic mass is 32.1. The maximum Gasteiger partial charge on any atom is 0.350 e. The van der Waals surface area contributed by atoms with Crippen LogP contribution in [-0.4, -0.2) is 39.2 Å². The van der Waals surface area contributed by atoms with Crippen molar-refractivity contribution >= 4 is 28.9 Å². The van der Waals surface area contributed by atoms with Gasteiger partial charge in [0.05, 0.1) is 19.2 Å². The molecule has 0 aliphatic rings. The molecule has 0 saturated carbocycles. The molecule has 1 N–H and O–H groups in total. The largest absolute Gasteiger partial charge is 0.465 e. The molecule has 0 aliphatic carbocycles. The van der Waals surface area contributed by atoms with Crippen molar-refractivity contribution in [3.8, 4) is 0 Å². The average molecular weight is 281 g/mol. The summed E-state index contributed by atoms with van der Waals surface area (Å²) in [6, 6.07) is 1.64. The van der Waals surface area contributed by atoms with E-state index in [1.54, 1.807) is 18.5 Å². The topological polar surface area (TPSA) is 99.0 Å². The molecule has 1 amide bonds. The van der Waals surface area contributed by atoms with Crippen molar-refractivity contribution in [2.24, 2.45) is 7.05 Å². The van der Waals surface area contributed by atoms with Gasteiger partial charge >= 0.3 is 5.97 Å². The van der Waals surface area contributed by atoms with E-state index in [0.717, 1.165) is 0 Å². The molecule has 2 heterocycles. The molecule has 100 valence electrons. The summed E-state index contributed by atoms with van der Waals surface area (Å²) in [7, 11) is 2.94. The summed E-state index contributed by atoms with van der Waals surface area (Å²) in [6.07, 6.45) is 0.0277. The number of rotatable bonds is 4. The quantitative estimate of drug-likeness (QED) is 0.806. The summed E-state index contributed by atoms with van der Waals surface area (Å²) < 4.78 is 6.04. The maximum absolute atomic E-state index is 11.8. The van der Waals surface area contributed by atoms with E-state index in [9.17, 15) is 9.59 Å². The number of methoxy groups -OCH3 is 1. The molecule has 0 atom stereocenters. The van der Waals surface area contributed by atoms with E-state index < -0.39 is 5.97 Å². The van der Waals surface area contributed by atoms with Crippen LogP contribution in [0.1, 0.15) is 15.5 Å². The molecular formula is C10H11N5O3S. The van der Waals surface area contributed by atoms with Gasteiger partial charge in [0.15, 0.2) is 5.82 Å². The zero-order chi connectivity index (χ0) is 13.8. The summed E-state index contributed by atoms with van der Waals surface area (Å²) in [5, 5.41) is 15.1. The second-order valence-corrected chi connectivity index (χ2v) is 4.51. The van der Waals surface area contributed by atoms with Crippen LogP contribution in [0.15, 0.2) is 11.4 Å². The number of anilines is 1. The summed E-state index contributed by atoms with van der Waals surface area (Å²) in [6.45, 7) is 0. The molecule has 2 aromatic heterocycles. The Balaban J connectivity index is 2.05. The third-order valence-electron chi connectivity index (χ3n) is 2.34. The Morgan fingerprint density at radius 1 is 1.53 bits per heavy atom. The van der Waals surface area contributed by atoms with Crippen molar-refractivity contribution in [2.45, 2.75) is 6.42 Å². The fourth-order valence-electron chi connectivity index (χ4n) is 1.39. The molecular weight excluding hydrogens is 270 g/mol. The van der Waals surface area contributed by atoms with Crippen LogP contribution in [0.3, 0.4) is 0 Å². The van der Waals surface area contributed by atoms with Gasteiger partial charge < -0.3 is 10.1 Å². The molecule has 2 rings (SSSR count). The Kier molecular flexibility index (Phi) is 3.85. The van der Waals surface area contributed by atoms with E-state index in [-0.39, 0.29) is 12.3 Å². The number of hydrogen-bond donors (Lipinski definition) is 1. The number of nitrogens with one attached hydrogen (secondary N) is 1. The van der Waals surface area contributed by atoms with Gasteiger partial charge in [-0.15, -0.1) is 16.4 Å². The SMILES string of the molecule is COC(=O)c1sccc1NC(=O)Cc1nnnn1C. The first-order valence-electron chi connectivity index (χ1n) is 5.28. The highest BCUT2D eigenvalue weighted by Gasteiger charge is 2.16. The van der Waals surface area contributed by atoms with E-state index in [1.165, 1.54) is 23.1 Å². The third-order valence-corrected chi connectivity index (χ3v) is 3.23. The van der Waals surface area contributed by atoms with Crippen molar-refractivity contribution in [1.82, 2.24) is 20.2 Å². The minimum absolute atomic E-state index is 0.0277. The van der Waals surface area contributed by atoms with Crippen LogP contribution in [0.25, 0.3) is 0 Å². The Hall–Kier alpha value is -2.29. The third kappa shape index (κ3) is 2.94. The molecule has 0 spiro atoms. The smallest absolute Gasteiger partial charge is 0.350 e. The molecule has 0 saturated heterocycles. The molecule has 0 aromatic carbocycles. The van der Waals surface area contributed by atoms with Crippen LogP contribution < -0.4 is 5.32 Å². The monoisotopic (exact) mass is 281 g/mol. The van der Waals surface area contributed by atoms with Gasteiger partial charge in [0.2, 0.25) is 5.91 Å². The minimum atomic E-state index is -0.481. The number of tetrazole rings is 1. The lowest BCUT2D eigenvalue weighted by molar-refractivity contribution is -0.115. The minimum Gasteiger partial charge on any atom is -0.465 e. The van der Waals surface area contributed by atoms with Crippen molar-refractivity contribution in [3.05, 3.63) is 22.1 Å². The lowest BCUT2D eigenvalue weighted by Gasteiger charge is -2.04. The number of carbonyl (C=O) groups excluding carboxylic acids is 2. The molecule has 0 aliphatic heterocycles. The predicted octanol–water partition coefficient (Wildman–Crippen LogP) is 0.239. The number of esters is 1. The summed E-state index contributed by atoms with van der Waals surface area (Å²) in [5.41, 5.74) is 0.428. The van der Waals surface area contributed by atoms with Gasteiger partial charge in [0, 0.05) is 7.05 Å². The highest BCUT2D eigenvalue weighted by Crippen LogP contribution is 2.23. The van der Waals surface area contributed by atoms with Crippen molar-refractivity contribution in [1.29, 1.82) is 0 Å². The lowest BCUT2D eigenvalue weighted by Crippen LogP contribution is -2.18. The molecule has 0 radical (unpaired) electrons. The molecule has 19 heavy (non-hydrogen) atoms. The molecule has 0 fully saturated rings. The van der Waals surface area contributed by atoms with Gasteiger partial charge in [-0.05, 0) is 21.9 Å². The Morgan fingerprint density at radius 2 is 2.32 bits per heavy atom. The first kappa shape index (κ1) is 13.1. The maximum atomic E-state index is 11.8. The zero-order valence-corrected chi connectivity index (χ0v) is 11.1. The van der Waals surface area contributed by atoms with Crippen LogP contribution in [0.5, 0.6) is 0 Å². The Labute approximate surface area is 112 Å². The number of ether oxygens (including phenoxy) is 1. The van der Waals surface area contributed by atoms with Crippen LogP contribution in [0.4, 0.5) is 5.69 Å². The van der Waals surface area contributed by atoms with Crippen LogP contribution in [0.2, 0.25) is 0 Å². The zero-order valence-electron chi connectivity index (χ0n) is 10.3. The van der Waals surface area contributed by atoms with E-state index in [0.29, 0.717) is 16.4 Å². The second-order valence-electron chi connectivity index (χ2n) is 3.60. The predicted molar refractivity (Wildman–Crippen MR) is 66.8 cm³/mol. The number of aryl methyl sites for hydroxylation is 1. The van der Waals surface area contributed by atoms with Gasteiger partial charge in [-0.3, -0.25) is 4.79 Å².